The maximum absolute atomic E-state index is 5.79. The lowest BCUT2D eigenvalue weighted by molar-refractivity contribution is 0.426. The first kappa shape index (κ1) is 10.6. The fourth-order valence-corrected chi connectivity index (χ4v) is 2.38. The van der Waals surface area contributed by atoms with Gasteiger partial charge in [0.25, 0.3) is 6.01 Å². The van der Waals surface area contributed by atoms with E-state index in [4.69, 9.17) is 4.42 Å². The van der Waals surface area contributed by atoms with Crippen molar-refractivity contribution in [3.05, 3.63) is 24.3 Å². The average molecular weight is 231 g/mol. The number of hydrogen-bond acceptors (Lipinski definition) is 4. The van der Waals surface area contributed by atoms with E-state index in [1.165, 1.54) is 12.8 Å². The highest BCUT2D eigenvalue weighted by molar-refractivity contribution is 5.74. The van der Waals surface area contributed by atoms with E-state index in [1.54, 1.807) is 0 Å². The van der Waals surface area contributed by atoms with Gasteiger partial charge in [-0.2, -0.15) is 4.98 Å². The number of oxazole rings is 1. The third kappa shape index (κ3) is 2.00. The summed E-state index contributed by atoms with van der Waals surface area (Å²) in [4.78, 5) is 6.76. The number of likely N-dealkylation sites (N-methyl/N-ethyl adjacent to an activating group) is 1. The van der Waals surface area contributed by atoms with Crippen molar-refractivity contribution < 1.29 is 4.42 Å². The zero-order chi connectivity index (χ0) is 11.7. The van der Waals surface area contributed by atoms with Crippen molar-refractivity contribution in [3.63, 3.8) is 0 Å². The molecule has 1 aliphatic heterocycles. The molecule has 17 heavy (non-hydrogen) atoms. The molecular weight excluding hydrogens is 214 g/mol. The van der Waals surface area contributed by atoms with Crippen LogP contribution in [0.15, 0.2) is 28.7 Å². The summed E-state index contributed by atoms with van der Waals surface area (Å²) in [5.41, 5.74) is 1.81. The number of nitrogens with zero attached hydrogens (tertiary/aromatic N) is 2. The summed E-state index contributed by atoms with van der Waals surface area (Å²) < 4.78 is 5.79. The minimum Gasteiger partial charge on any atom is -0.423 e. The monoisotopic (exact) mass is 231 g/mol. The Morgan fingerprint density at radius 3 is 3.12 bits per heavy atom. The average Bonchev–Trinajstić information content (AvgIpc) is 2.82. The summed E-state index contributed by atoms with van der Waals surface area (Å²) in [6, 6.07) is 9.21. The molecule has 3 rings (SSSR count). The molecule has 4 nitrogen and oxygen atoms in total. The van der Waals surface area contributed by atoms with Crippen LogP contribution in [-0.4, -0.2) is 31.2 Å². The quantitative estimate of drug-likeness (QED) is 0.858. The number of anilines is 1. The van der Waals surface area contributed by atoms with Gasteiger partial charge in [0, 0.05) is 19.1 Å². The highest BCUT2D eigenvalue weighted by atomic mass is 16.4. The first-order chi connectivity index (χ1) is 8.36. The third-order valence-electron chi connectivity index (χ3n) is 3.38. The van der Waals surface area contributed by atoms with Crippen LogP contribution in [0.2, 0.25) is 0 Å². The number of hydrogen-bond donors (Lipinski definition) is 1. The van der Waals surface area contributed by atoms with E-state index in [9.17, 15) is 0 Å². The van der Waals surface area contributed by atoms with Gasteiger partial charge in [-0.25, -0.2) is 0 Å². The molecule has 0 spiro atoms. The number of fused-ring (bicyclic) bond motifs is 1. The van der Waals surface area contributed by atoms with Crippen LogP contribution in [0.5, 0.6) is 0 Å². The SMILES string of the molecule is CNC1CCCN(c2nc3ccccc3o2)C1. The van der Waals surface area contributed by atoms with Gasteiger partial charge in [-0.15, -0.1) is 0 Å². The van der Waals surface area contributed by atoms with Crippen LogP contribution in [0, 0.1) is 0 Å². The lowest BCUT2D eigenvalue weighted by Gasteiger charge is -2.31. The van der Waals surface area contributed by atoms with Crippen LogP contribution in [0.3, 0.4) is 0 Å². The van der Waals surface area contributed by atoms with E-state index in [2.05, 4.69) is 15.2 Å². The summed E-state index contributed by atoms with van der Waals surface area (Å²) >= 11 is 0. The van der Waals surface area contributed by atoms with E-state index >= 15 is 0 Å². The van der Waals surface area contributed by atoms with E-state index in [0.29, 0.717) is 6.04 Å². The molecule has 0 saturated carbocycles. The number of para-hydroxylation sites is 2. The summed E-state index contributed by atoms with van der Waals surface area (Å²) in [6.45, 7) is 2.01. The molecule has 0 aliphatic carbocycles. The van der Waals surface area contributed by atoms with Crippen molar-refractivity contribution in [3.8, 4) is 0 Å². The van der Waals surface area contributed by atoms with E-state index < -0.39 is 0 Å². The minimum atomic E-state index is 0.541. The number of benzene rings is 1. The molecule has 0 radical (unpaired) electrons. The van der Waals surface area contributed by atoms with Crippen LogP contribution in [0.4, 0.5) is 6.01 Å². The molecular formula is C13H17N3O. The lowest BCUT2D eigenvalue weighted by atomic mass is 10.1. The largest absolute Gasteiger partial charge is 0.423 e. The Labute approximate surface area is 101 Å². The molecule has 2 heterocycles. The van der Waals surface area contributed by atoms with Gasteiger partial charge in [0.05, 0.1) is 0 Å². The van der Waals surface area contributed by atoms with Crippen molar-refractivity contribution in [1.29, 1.82) is 0 Å². The molecule has 0 amide bonds. The zero-order valence-corrected chi connectivity index (χ0v) is 10.0. The normalized spacial score (nSPS) is 21.0. The zero-order valence-electron chi connectivity index (χ0n) is 10.0. The number of piperidine rings is 1. The molecule has 0 bridgehead atoms. The van der Waals surface area contributed by atoms with Crippen LogP contribution in [0.1, 0.15) is 12.8 Å². The number of nitrogens with one attached hydrogen (secondary N) is 1. The molecule has 1 aliphatic rings. The fourth-order valence-electron chi connectivity index (χ4n) is 2.38. The van der Waals surface area contributed by atoms with Gasteiger partial charge in [-0.3, -0.25) is 0 Å². The Balaban J connectivity index is 1.87. The molecule has 1 N–H and O–H groups in total. The molecule has 2 aromatic rings. The van der Waals surface area contributed by atoms with Gasteiger partial charge >= 0.3 is 0 Å². The van der Waals surface area contributed by atoms with E-state index in [0.717, 1.165) is 30.2 Å². The smallest absolute Gasteiger partial charge is 0.298 e. The Bertz CT molecular complexity index is 475. The Morgan fingerprint density at radius 2 is 2.29 bits per heavy atom. The van der Waals surface area contributed by atoms with Crippen molar-refractivity contribution in [2.75, 3.05) is 25.0 Å². The molecule has 1 fully saturated rings. The van der Waals surface area contributed by atoms with Gasteiger partial charge in [0.15, 0.2) is 5.58 Å². The van der Waals surface area contributed by atoms with Gasteiger partial charge in [-0.05, 0) is 32.0 Å². The second kappa shape index (κ2) is 4.37. The van der Waals surface area contributed by atoms with Crippen molar-refractivity contribution in [2.24, 2.45) is 0 Å². The van der Waals surface area contributed by atoms with Crippen molar-refractivity contribution in [1.82, 2.24) is 10.3 Å². The number of aromatic nitrogens is 1. The minimum absolute atomic E-state index is 0.541. The Hall–Kier alpha value is -1.55. The molecule has 4 heteroatoms. The standard InChI is InChI=1S/C13H17N3O/c1-14-10-5-4-8-16(9-10)13-15-11-6-2-3-7-12(11)17-13/h2-3,6-7,10,14H,4-5,8-9H2,1H3. The predicted molar refractivity (Wildman–Crippen MR) is 68.3 cm³/mol. The van der Waals surface area contributed by atoms with Crippen molar-refractivity contribution in [2.45, 2.75) is 18.9 Å². The summed E-state index contributed by atoms with van der Waals surface area (Å²) in [5, 5.41) is 3.33. The molecule has 1 unspecified atom stereocenters. The fraction of sp³-hybridized carbons (Fsp3) is 0.462. The number of rotatable bonds is 2. The Morgan fingerprint density at radius 1 is 1.41 bits per heavy atom. The van der Waals surface area contributed by atoms with Crippen LogP contribution >= 0.6 is 0 Å². The maximum Gasteiger partial charge on any atom is 0.298 e. The van der Waals surface area contributed by atoms with Gasteiger partial charge in [0.1, 0.15) is 5.52 Å². The summed E-state index contributed by atoms with van der Waals surface area (Å²) in [6.07, 6.45) is 2.41. The molecule has 90 valence electrons. The molecule has 1 aromatic carbocycles. The predicted octanol–water partition coefficient (Wildman–Crippen LogP) is 2.02. The highest BCUT2D eigenvalue weighted by Gasteiger charge is 2.22. The first-order valence-corrected chi connectivity index (χ1v) is 6.14. The first-order valence-electron chi connectivity index (χ1n) is 6.14. The maximum atomic E-state index is 5.79. The second-order valence-electron chi connectivity index (χ2n) is 4.54. The summed E-state index contributed by atoms with van der Waals surface area (Å²) in [7, 11) is 2.01. The molecule has 1 aromatic heterocycles. The van der Waals surface area contributed by atoms with E-state index in [-0.39, 0.29) is 0 Å². The van der Waals surface area contributed by atoms with Gasteiger partial charge < -0.3 is 14.6 Å². The third-order valence-corrected chi connectivity index (χ3v) is 3.38. The molecule has 1 atom stereocenters. The van der Waals surface area contributed by atoms with Crippen LogP contribution in [-0.2, 0) is 0 Å². The van der Waals surface area contributed by atoms with Crippen LogP contribution in [0.25, 0.3) is 11.1 Å². The highest BCUT2D eigenvalue weighted by Crippen LogP contribution is 2.24. The van der Waals surface area contributed by atoms with Gasteiger partial charge in [-0.1, -0.05) is 12.1 Å². The summed E-state index contributed by atoms with van der Waals surface area (Å²) in [5.74, 6) is 0. The van der Waals surface area contributed by atoms with Crippen LogP contribution < -0.4 is 10.2 Å². The second-order valence-corrected chi connectivity index (χ2v) is 4.54. The van der Waals surface area contributed by atoms with Crippen molar-refractivity contribution >= 4 is 17.1 Å². The van der Waals surface area contributed by atoms with Gasteiger partial charge in [0.2, 0.25) is 0 Å². The van der Waals surface area contributed by atoms with E-state index in [1.807, 2.05) is 31.3 Å². The Kier molecular flexibility index (Phi) is 2.73. The lowest BCUT2D eigenvalue weighted by Crippen LogP contribution is -2.44. The topological polar surface area (TPSA) is 41.3 Å². The molecule has 1 saturated heterocycles.